The third kappa shape index (κ3) is 48.3. The Kier molecular flexibility index (Phi) is 57.0. The van der Waals surface area contributed by atoms with Gasteiger partial charge in [-0.15, -0.1) is 0 Å². The second kappa shape index (κ2) is 60.0. The van der Waals surface area contributed by atoms with Gasteiger partial charge in [-0.1, -0.05) is 325 Å². The van der Waals surface area contributed by atoms with E-state index in [4.69, 9.17) is 9.47 Å². The van der Waals surface area contributed by atoms with Gasteiger partial charge >= 0.3 is 0 Å². The van der Waals surface area contributed by atoms with E-state index in [0.29, 0.717) is 6.42 Å². The standard InChI is InChI=1S/C71H131NO8/c1-3-5-7-9-11-13-15-17-19-21-22-23-24-25-26-27-28-29-30-31-32-33-34-35-36-37-38-39-40-41-42-43-44-45-47-49-51-53-55-57-59-61-67(75)72-64(63-79-71-70(78)69(77)68(76)66(62-73)80-71)65(74)60-58-56-54-52-50-48-46-20-18-16-14-12-10-8-6-4-2/h5,7,11,13,17,19,22-23,58,60,64-66,68-71,73-74,76-78H,3-4,6,8-10,12,14-16,18,20-21,24-57,59,61-63H2,1-2H3,(H,72,75)/b7-5-,13-11-,19-17-,23-22-,60-58+. The zero-order valence-corrected chi connectivity index (χ0v) is 52.3. The van der Waals surface area contributed by atoms with E-state index in [2.05, 4.69) is 67.8 Å². The molecule has 0 aromatic heterocycles. The highest BCUT2D eigenvalue weighted by molar-refractivity contribution is 5.76. The van der Waals surface area contributed by atoms with Gasteiger partial charge in [0.15, 0.2) is 6.29 Å². The molecule has 1 amide bonds. The van der Waals surface area contributed by atoms with Crippen LogP contribution < -0.4 is 5.32 Å². The topological polar surface area (TPSA) is 149 Å². The fraction of sp³-hybridized carbons (Fsp3) is 0.845. The lowest BCUT2D eigenvalue weighted by Gasteiger charge is -2.40. The van der Waals surface area contributed by atoms with E-state index in [1.165, 1.54) is 244 Å². The molecule has 0 aliphatic carbocycles. The molecule has 9 nitrogen and oxygen atoms in total. The van der Waals surface area contributed by atoms with Crippen molar-refractivity contribution in [3.05, 3.63) is 60.8 Å². The number of amides is 1. The van der Waals surface area contributed by atoms with Gasteiger partial charge in [0.2, 0.25) is 5.91 Å². The van der Waals surface area contributed by atoms with Crippen LogP contribution in [0.2, 0.25) is 0 Å². The summed E-state index contributed by atoms with van der Waals surface area (Å²) in [7, 11) is 0. The van der Waals surface area contributed by atoms with E-state index >= 15 is 0 Å². The zero-order valence-electron chi connectivity index (χ0n) is 52.3. The Morgan fingerprint density at radius 3 is 1.15 bits per heavy atom. The molecule has 0 saturated carbocycles. The molecular formula is C71H131NO8. The first-order valence-electron chi connectivity index (χ1n) is 34.5. The number of unbranched alkanes of at least 4 members (excludes halogenated alkanes) is 42. The lowest BCUT2D eigenvalue weighted by Crippen LogP contribution is -2.60. The highest BCUT2D eigenvalue weighted by atomic mass is 16.7. The number of nitrogens with one attached hydrogen (secondary N) is 1. The van der Waals surface area contributed by atoms with Crippen molar-refractivity contribution < 1.29 is 39.8 Å². The second-order valence-electron chi connectivity index (χ2n) is 23.9. The molecule has 9 heteroatoms. The molecule has 0 spiro atoms. The van der Waals surface area contributed by atoms with Gasteiger partial charge in [-0.25, -0.2) is 0 Å². The molecule has 1 fully saturated rings. The summed E-state index contributed by atoms with van der Waals surface area (Å²) < 4.78 is 11.3. The molecule has 1 aliphatic heterocycles. The average molecular weight is 1130 g/mol. The predicted molar refractivity (Wildman–Crippen MR) is 341 cm³/mol. The van der Waals surface area contributed by atoms with Crippen LogP contribution >= 0.6 is 0 Å². The van der Waals surface area contributed by atoms with E-state index in [-0.39, 0.29) is 12.5 Å². The van der Waals surface area contributed by atoms with Gasteiger partial charge in [0, 0.05) is 6.42 Å². The van der Waals surface area contributed by atoms with E-state index in [0.717, 1.165) is 64.2 Å². The highest BCUT2D eigenvalue weighted by Gasteiger charge is 2.44. The molecule has 0 bridgehead atoms. The first-order valence-corrected chi connectivity index (χ1v) is 34.5. The van der Waals surface area contributed by atoms with Crippen LogP contribution in [0.25, 0.3) is 0 Å². The first kappa shape index (κ1) is 75.9. The minimum absolute atomic E-state index is 0.171. The fourth-order valence-corrected chi connectivity index (χ4v) is 11.0. The Labute approximate surface area is 494 Å². The lowest BCUT2D eigenvalue weighted by atomic mass is 9.99. The van der Waals surface area contributed by atoms with Gasteiger partial charge in [-0.3, -0.25) is 4.79 Å². The Balaban J connectivity index is 2.02. The van der Waals surface area contributed by atoms with Crippen molar-refractivity contribution in [1.29, 1.82) is 0 Å². The summed E-state index contributed by atoms with van der Waals surface area (Å²) in [6.45, 7) is 3.70. The van der Waals surface area contributed by atoms with Crippen LogP contribution in [0.4, 0.5) is 0 Å². The van der Waals surface area contributed by atoms with Gasteiger partial charge in [-0.05, 0) is 57.8 Å². The van der Waals surface area contributed by atoms with Crippen LogP contribution in [0, 0.1) is 0 Å². The average Bonchev–Trinajstić information content (AvgIpc) is 3.46. The lowest BCUT2D eigenvalue weighted by molar-refractivity contribution is -0.302. The maximum atomic E-state index is 13.1. The summed E-state index contributed by atoms with van der Waals surface area (Å²) in [6.07, 6.45) is 76.3. The van der Waals surface area contributed by atoms with Crippen molar-refractivity contribution in [2.45, 2.75) is 371 Å². The monoisotopic (exact) mass is 1130 g/mol. The van der Waals surface area contributed by atoms with Crippen molar-refractivity contribution >= 4 is 5.91 Å². The molecule has 468 valence electrons. The number of carbonyl (C=O) groups excluding carboxylic acids is 1. The summed E-state index contributed by atoms with van der Waals surface area (Å²) >= 11 is 0. The third-order valence-corrected chi connectivity index (χ3v) is 16.3. The molecule has 0 aromatic rings. The fourth-order valence-electron chi connectivity index (χ4n) is 11.0. The number of ether oxygens (including phenoxy) is 2. The minimum Gasteiger partial charge on any atom is -0.394 e. The van der Waals surface area contributed by atoms with Crippen LogP contribution in [-0.2, 0) is 14.3 Å². The molecular weight excluding hydrogens is 995 g/mol. The Bertz CT molecular complexity index is 1450. The van der Waals surface area contributed by atoms with E-state index < -0.39 is 49.5 Å². The molecule has 7 unspecified atom stereocenters. The Morgan fingerprint density at radius 2 is 0.775 bits per heavy atom. The summed E-state index contributed by atoms with van der Waals surface area (Å²) in [5.74, 6) is -0.171. The quantitative estimate of drug-likeness (QED) is 0.0261. The van der Waals surface area contributed by atoms with Crippen LogP contribution in [0.5, 0.6) is 0 Å². The number of carbonyl (C=O) groups is 1. The number of aliphatic hydroxyl groups excluding tert-OH is 5. The van der Waals surface area contributed by atoms with E-state index in [9.17, 15) is 30.3 Å². The van der Waals surface area contributed by atoms with Gasteiger partial charge in [0.05, 0.1) is 25.4 Å². The van der Waals surface area contributed by atoms with Crippen LogP contribution in [0.15, 0.2) is 60.8 Å². The minimum atomic E-state index is -1.57. The number of rotatable bonds is 60. The molecule has 7 atom stereocenters. The first-order chi connectivity index (χ1) is 39.3. The summed E-state index contributed by atoms with van der Waals surface area (Å²) in [5, 5.41) is 54.6. The molecule has 1 saturated heterocycles. The van der Waals surface area contributed by atoms with Gasteiger partial charge < -0.3 is 40.3 Å². The molecule has 0 aromatic carbocycles. The van der Waals surface area contributed by atoms with Gasteiger partial charge in [0.1, 0.15) is 24.4 Å². The van der Waals surface area contributed by atoms with E-state index in [1.807, 2.05) is 6.08 Å². The van der Waals surface area contributed by atoms with Crippen molar-refractivity contribution in [2.75, 3.05) is 13.2 Å². The molecule has 1 aliphatic rings. The molecule has 80 heavy (non-hydrogen) atoms. The van der Waals surface area contributed by atoms with E-state index in [1.54, 1.807) is 6.08 Å². The number of hydrogen-bond acceptors (Lipinski definition) is 8. The van der Waals surface area contributed by atoms with Crippen molar-refractivity contribution in [3.63, 3.8) is 0 Å². The van der Waals surface area contributed by atoms with Crippen LogP contribution in [0.3, 0.4) is 0 Å². The second-order valence-corrected chi connectivity index (χ2v) is 23.9. The van der Waals surface area contributed by atoms with Crippen molar-refractivity contribution in [3.8, 4) is 0 Å². The summed E-state index contributed by atoms with van der Waals surface area (Å²) in [5.41, 5.74) is 0. The normalized spacial score (nSPS) is 18.8. The highest BCUT2D eigenvalue weighted by Crippen LogP contribution is 2.23. The van der Waals surface area contributed by atoms with Crippen LogP contribution in [-0.4, -0.2) is 87.5 Å². The predicted octanol–water partition coefficient (Wildman–Crippen LogP) is 18.6. The number of allylic oxidation sites excluding steroid dienone is 9. The molecule has 1 heterocycles. The number of aliphatic hydroxyl groups is 5. The SMILES string of the molecule is CC/C=C\C/C=C\C/C=C\C/C=C\CCCCCCCCCCCCCCCCCCCCCCCCCCCCCCC(=O)NC(COC1OC(CO)C(O)C(O)C1O)C(O)/C=C/CCCCCCCCCCCCCCCC. The Morgan fingerprint density at radius 1 is 0.438 bits per heavy atom. The smallest absolute Gasteiger partial charge is 0.220 e. The Hall–Kier alpha value is -2.11. The van der Waals surface area contributed by atoms with Crippen molar-refractivity contribution in [1.82, 2.24) is 5.32 Å². The van der Waals surface area contributed by atoms with Crippen molar-refractivity contribution in [2.24, 2.45) is 0 Å². The van der Waals surface area contributed by atoms with Crippen LogP contribution in [0.1, 0.15) is 328 Å². The molecule has 0 radical (unpaired) electrons. The largest absolute Gasteiger partial charge is 0.394 e. The third-order valence-electron chi connectivity index (χ3n) is 16.3. The summed E-state index contributed by atoms with van der Waals surface area (Å²) in [4.78, 5) is 13.1. The molecule has 1 rings (SSSR count). The summed E-state index contributed by atoms with van der Waals surface area (Å²) in [6, 6.07) is -0.804. The van der Waals surface area contributed by atoms with Gasteiger partial charge in [-0.2, -0.15) is 0 Å². The zero-order chi connectivity index (χ0) is 57.9. The number of hydrogen-bond donors (Lipinski definition) is 6. The van der Waals surface area contributed by atoms with Gasteiger partial charge in [0.25, 0.3) is 0 Å². The maximum absolute atomic E-state index is 13.1. The molecule has 6 N–H and O–H groups in total. The maximum Gasteiger partial charge on any atom is 0.220 e.